The highest BCUT2D eigenvalue weighted by Gasteiger charge is 2.17. The highest BCUT2D eigenvalue weighted by molar-refractivity contribution is 9.11. The minimum atomic E-state index is 0.438. The van der Waals surface area contributed by atoms with Crippen molar-refractivity contribution < 1.29 is 0 Å². The predicted octanol–water partition coefficient (Wildman–Crippen LogP) is 4.25. The van der Waals surface area contributed by atoms with E-state index in [1.807, 2.05) is 36.4 Å². The number of nitrogens with two attached hydrogens (primary N) is 1. The van der Waals surface area contributed by atoms with Gasteiger partial charge in [0.1, 0.15) is 0 Å². The Kier molecular flexibility index (Phi) is 3.58. The van der Waals surface area contributed by atoms with Gasteiger partial charge >= 0.3 is 0 Å². The van der Waals surface area contributed by atoms with E-state index in [1.165, 1.54) is 0 Å². The highest BCUT2D eigenvalue weighted by atomic mass is 79.9. The van der Waals surface area contributed by atoms with Crippen LogP contribution in [0.15, 0.2) is 51.5 Å². The molecular formula is C14H10Br2N4. The lowest BCUT2D eigenvalue weighted by atomic mass is 10.0. The molecule has 20 heavy (non-hydrogen) atoms. The molecule has 2 aromatic heterocycles. The smallest absolute Gasteiger partial charge is 0.155 e. The zero-order chi connectivity index (χ0) is 14.1. The monoisotopic (exact) mass is 392 g/mol. The second kappa shape index (κ2) is 5.38. The first-order valence-corrected chi connectivity index (χ1v) is 7.46. The van der Waals surface area contributed by atoms with E-state index in [1.54, 1.807) is 6.20 Å². The van der Waals surface area contributed by atoms with Crippen molar-refractivity contribution in [2.24, 2.45) is 0 Å². The molecule has 0 aliphatic heterocycles. The first-order valence-electron chi connectivity index (χ1n) is 5.87. The van der Waals surface area contributed by atoms with E-state index in [4.69, 9.17) is 5.73 Å². The van der Waals surface area contributed by atoms with Gasteiger partial charge in [-0.2, -0.15) is 5.10 Å². The third kappa shape index (κ3) is 2.36. The van der Waals surface area contributed by atoms with E-state index in [9.17, 15) is 0 Å². The van der Waals surface area contributed by atoms with Crippen LogP contribution in [-0.4, -0.2) is 15.2 Å². The van der Waals surface area contributed by atoms with Gasteiger partial charge in [0.25, 0.3) is 0 Å². The number of aromatic amines is 1. The number of aromatic nitrogens is 3. The maximum Gasteiger partial charge on any atom is 0.155 e. The Hall–Kier alpha value is -1.66. The van der Waals surface area contributed by atoms with Crippen LogP contribution in [0, 0.1) is 0 Å². The van der Waals surface area contributed by atoms with Crippen LogP contribution in [0.5, 0.6) is 0 Å². The lowest BCUT2D eigenvalue weighted by molar-refractivity contribution is 1.10. The van der Waals surface area contributed by atoms with Crippen LogP contribution in [0.2, 0.25) is 0 Å². The zero-order valence-electron chi connectivity index (χ0n) is 10.3. The summed E-state index contributed by atoms with van der Waals surface area (Å²) in [5, 5.41) is 7.10. The molecule has 0 spiro atoms. The van der Waals surface area contributed by atoms with E-state index in [0.717, 1.165) is 31.5 Å². The lowest BCUT2D eigenvalue weighted by Crippen LogP contribution is -1.91. The summed E-state index contributed by atoms with van der Waals surface area (Å²) in [6.07, 6.45) is 1.74. The van der Waals surface area contributed by atoms with Crippen LogP contribution in [0.1, 0.15) is 0 Å². The first-order chi connectivity index (χ1) is 9.66. The zero-order valence-corrected chi connectivity index (χ0v) is 13.4. The Balaban J connectivity index is 2.21. The molecule has 1 aromatic carbocycles. The minimum Gasteiger partial charge on any atom is -0.382 e. The van der Waals surface area contributed by atoms with Crippen molar-refractivity contribution in [2.45, 2.75) is 0 Å². The molecule has 0 saturated heterocycles. The van der Waals surface area contributed by atoms with Gasteiger partial charge in [0.15, 0.2) is 5.82 Å². The fourth-order valence-electron chi connectivity index (χ4n) is 2.01. The summed E-state index contributed by atoms with van der Waals surface area (Å²) >= 11 is 7.01. The van der Waals surface area contributed by atoms with E-state index >= 15 is 0 Å². The van der Waals surface area contributed by atoms with E-state index in [0.29, 0.717) is 5.82 Å². The molecule has 0 unspecified atom stereocenters. The molecule has 6 heteroatoms. The van der Waals surface area contributed by atoms with Gasteiger partial charge in [-0.05, 0) is 24.3 Å². The summed E-state index contributed by atoms with van der Waals surface area (Å²) in [7, 11) is 0. The molecule has 3 rings (SSSR count). The number of nitrogens with one attached hydrogen (secondary N) is 1. The second-order valence-corrected chi connectivity index (χ2v) is 5.97. The number of hydrogen-bond donors (Lipinski definition) is 2. The van der Waals surface area contributed by atoms with Crippen molar-refractivity contribution in [1.82, 2.24) is 15.2 Å². The molecule has 4 nitrogen and oxygen atoms in total. The van der Waals surface area contributed by atoms with E-state index in [2.05, 4.69) is 47.0 Å². The average Bonchev–Trinajstić information content (AvgIpc) is 2.81. The largest absolute Gasteiger partial charge is 0.382 e. The third-order valence-corrected chi connectivity index (χ3v) is 4.07. The molecule has 0 atom stereocenters. The summed E-state index contributed by atoms with van der Waals surface area (Å²) < 4.78 is 1.95. The Morgan fingerprint density at radius 2 is 1.95 bits per heavy atom. The Morgan fingerprint density at radius 3 is 2.65 bits per heavy atom. The van der Waals surface area contributed by atoms with Crippen LogP contribution in [0.3, 0.4) is 0 Å². The SMILES string of the molecule is Nc1n[nH]c(-c2ccc(Br)cc2Br)c1-c1ccccn1. The van der Waals surface area contributed by atoms with Gasteiger partial charge in [0.2, 0.25) is 0 Å². The number of hydrogen-bond acceptors (Lipinski definition) is 3. The number of halogens is 2. The highest BCUT2D eigenvalue weighted by Crippen LogP contribution is 2.37. The number of nitrogens with zero attached hydrogens (tertiary/aromatic N) is 2. The lowest BCUT2D eigenvalue weighted by Gasteiger charge is -2.06. The maximum absolute atomic E-state index is 5.98. The van der Waals surface area contributed by atoms with Gasteiger partial charge in [-0.1, -0.05) is 44.0 Å². The third-order valence-electron chi connectivity index (χ3n) is 2.92. The summed E-state index contributed by atoms with van der Waals surface area (Å²) in [6.45, 7) is 0. The van der Waals surface area contributed by atoms with Gasteiger partial charge in [-0.25, -0.2) is 0 Å². The van der Waals surface area contributed by atoms with E-state index < -0.39 is 0 Å². The summed E-state index contributed by atoms with van der Waals surface area (Å²) in [5.74, 6) is 0.438. The standard InChI is InChI=1S/C14H10Br2N4/c15-8-4-5-9(10(16)7-8)13-12(14(17)20-19-13)11-3-1-2-6-18-11/h1-7H,(H3,17,19,20). The Morgan fingerprint density at radius 1 is 1.10 bits per heavy atom. The molecular weight excluding hydrogens is 384 g/mol. The number of nitrogen functional groups attached to an aromatic ring is 1. The minimum absolute atomic E-state index is 0.438. The molecule has 0 radical (unpaired) electrons. The van der Waals surface area contributed by atoms with E-state index in [-0.39, 0.29) is 0 Å². The molecule has 100 valence electrons. The van der Waals surface area contributed by atoms with Gasteiger partial charge in [-0.3, -0.25) is 10.1 Å². The van der Waals surface area contributed by atoms with Gasteiger partial charge in [0.05, 0.1) is 17.0 Å². The fourth-order valence-corrected chi connectivity index (χ4v) is 3.26. The number of H-pyrrole nitrogens is 1. The molecule has 0 bridgehead atoms. The second-order valence-electron chi connectivity index (χ2n) is 4.20. The number of anilines is 1. The average molecular weight is 394 g/mol. The molecule has 0 aliphatic rings. The molecule has 0 fully saturated rings. The Bertz CT molecular complexity index is 753. The van der Waals surface area contributed by atoms with Gasteiger partial charge in [0, 0.05) is 20.7 Å². The molecule has 3 N–H and O–H groups in total. The summed E-state index contributed by atoms with van der Waals surface area (Å²) in [6, 6.07) is 11.7. The summed E-state index contributed by atoms with van der Waals surface area (Å²) in [5.41, 5.74) is 9.42. The van der Waals surface area contributed by atoms with Crippen molar-refractivity contribution in [3.63, 3.8) is 0 Å². The van der Waals surface area contributed by atoms with Crippen LogP contribution in [0.4, 0.5) is 5.82 Å². The predicted molar refractivity (Wildman–Crippen MR) is 87.1 cm³/mol. The van der Waals surface area contributed by atoms with Crippen molar-refractivity contribution >= 4 is 37.7 Å². The van der Waals surface area contributed by atoms with Crippen molar-refractivity contribution in [3.05, 3.63) is 51.5 Å². The van der Waals surface area contributed by atoms with Crippen LogP contribution in [0.25, 0.3) is 22.5 Å². The van der Waals surface area contributed by atoms with Gasteiger partial charge < -0.3 is 5.73 Å². The molecule has 3 aromatic rings. The van der Waals surface area contributed by atoms with Gasteiger partial charge in [-0.15, -0.1) is 0 Å². The normalized spacial score (nSPS) is 10.7. The van der Waals surface area contributed by atoms with Crippen molar-refractivity contribution in [1.29, 1.82) is 0 Å². The van der Waals surface area contributed by atoms with Crippen LogP contribution < -0.4 is 5.73 Å². The van der Waals surface area contributed by atoms with Crippen LogP contribution in [-0.2, 0) is 0 Å². The van der Waals surface area contributed by atoms with Crippen molar-refractivity contribution in [3.8, 4) is 22.5 Å². The quantitative estimate of drug-likeness (QED) is 0.683. The number of pyridine rings is 1. The topological polar surface area (TPSA) is 67.6 Å². The number of rotatable bonds is 2. The summed E-state index contributed by atoms with van der Waals surface area (Å²) in [4.78, 5) is 4.35. The van der Waals surface area contributed by atoms with Crippen molar-refractivity contribution in [2.75, 3.05) is 5.73 Å². The fraction of sp³-hybridized carbons (Fsp3) is 0. The molecule has 0 saturated carbocycles. The maximum atomic E-state index is 5.98. The number of benzene rings is 1. The molecule has 0 aliphatic carbocycles. The Labute approximate surface area is 132 Å². The molecule has 2 heterocycles. The molecule has 0 amide bonds. The first kappa shape index (κ1) is 13.3. The van der Waals surface area contributed by atoms with Crippen LogP contribution >= 0.6 is 31.9 Å².